The van der Waals surface area contributed by atoms with Crippen LogP contribution in [0.3, 0.4) is 0 Å². The lowest BCUT2D eigenvalue weighted by Crippen LogP contribution is -1.96. The van der Waals surface area contributed by atoms with Crippen LogP contribution >= 0.6 is 0 Å². The molecule has 0 saturated carbocycles. The number of para-hydroxylation sites is 1. The normalized spacial score (nSPS) is 11.0. The third-order valence-electron chi connectivity index (χ3n) is 3.08. The molecular weight excluding hydrogens is 224 g/mol. The van der Waals surface area contributed by atoms with Crippen molar-refractivity contribution in [1.29, 1.82) is 0 Å². The van der Waals surface area contributed by atoms with E-state index in [2.05, 4.69) is 15.0 Å². The predicted molar refractivity (Wildman–Crippen MR) is 72.0 cm³/mol. The van der Waals surface area contributed by atoms with Crippen molar-refractivity contribution >= 4 is 11.0 Å². The highest BCUT2D eigenvalue weighted by molar-refractivity contribution is 5.82. The number of nitrogens with two attached hydrogens (primary N) is 1. The molecule has 0 unspecified atom stereocenters. The smallest absolute Gasteiger partial charge is 0.140 e. The van der Waals surface area contributed by atoms with Gasteiger partial charge in [0, 0.05) is 24.0 Å². The topological polar surface area (TPSA) is 67.6 Å². The van der Waals surface area contributed by atoms with E-state index in [1.807, 2.05) is 37.3 Å². The van der Waals surface area contributed by atoms with Gasteiger partial charge in [0.05, 0.1) is 11.0 Å². The molecule has 4 nitrogen and oxygen atoms in total. The van der Waals surface area contributed by atoms with E-state index in [-0.39, 0.29) is 0 Å². The fraction of sp³-hybridized carbons (Fsp3) is 0.143. The summed E-state index contributed by atoms with van der Waals surface area (Å²) in [5, 5.41) is 0. The second-order valence-electron chi connectivity index (χ2n) is 4.24. The highest BCUT2D eigenvalue weighted by Crippen LogP contribution is 2.23. The quantitative estimate of drug-likeness (QED) is 0.720. The summed E-state index contributed by atoms with van der Waals surface area (Å²) < 4.78 is 0. The molecule has 0 atom stereocenters. The summed E-state index contributed by atoms with van der Waals surface area (Å²) >= 11 is 0. The third-order valence-corrected chi connectivity index (χ3v) is 3.08. The summed E-state index contributed by atoms with van der Waals surface area (Å²) in [4.78, 5) is 12.2. The van der Waals surface area contributed by atoms with Crippen LogP contribution in [0.1, 0.15) is 11.3 Å². The van der Waals surface area contributed by atoms with Crippen molar-refractivity contribution in [3.63, 3.8) is 0 Å². The molecule has 0 radical (unpaired) electrons. The number of nitrogens with zero attached hydrogens (tertiary/aromatic N) is 2. The molecule has 0 amide bonds. The van der Waals surface area contributed by atoms with E-state index in [1.165, 1.54) is 0 Å². The minimum atomic E-state index is 0.494. The maximum atomic E-state index is 5.73. The molecule has 0 spiro atoms. The molecule has 90 valence electrons. The van der Waals surface area contributed by atoms with E-state index in [9.17, 15) is 0 Å². The Kier molecular flexibility index (Phi) is 2.57. The lowest BCUT2D eigenvalue weighted by molar-refractivity contribution is 1.08. The van der Waals surface area contributed by atoms with E-state index in [1.54, 1.807) is 6.20 Å². The van der Waals surface area contributed by atoms with Crippen LogP contribution in [0, 0.1) is 6.92 Å². The van der Waals surface area contributed by atoms with Crippen molar-refractivity contribution in [1.82, 2.24) is 15.0 Å². The van der Waals surface area contributed by atoms with Gasteiger partial charge in [0.15, 0.2) is 0 Å². The molecular formula is C14H14N4. The number of rotatable bonds is 2. The Morgan fingerprint density at radius 2 is 2.11 bits per heavy atom. The van der Waals surface area contributed by atoms with Gasteiger partial charge in [-0.15, -0.1) is 0 Å². The number of hydrogen-bond acceptors (Lipinski definition) is 3. The molecule has 0 aliphatic heterocycles. The lowest BCUT2D eigenvalue weighted by atomic mass is 10.2. The highest BCUT2D eigenvalue weighted by Gasteiger charge is 2.09. The SMILES string of the molecule is Cc1ncccc1-c1nc2c(CN)cccc2[nH]1. The zero-order valence-electron chi connectivity index (χ0n) is 10.1. The van der Waals surface area contributed by atoms with E-state index >= 15 is 0 Å². The van der Waals surface area contributed by atoms with Crippen LogP contribution < -0.4 is 5.73 Å². The number of imidazole rings is 1. The Morgan fingerprint density at radius 3 is 2.89 bits per heavy atom. The van der Waals surface area contributed by atoms with Gasteiger partial charge in [-0.1, -0.05) is 12.1 Å². The van der Waals surface area contributed by atoms with Crippen molar-refractivity contribution in [3.8, 4) is 11.4 Å². The molecule has 3 aromatic rings. The fourth-order valence-corrected chi connectivity index (χ4v) is 2.12. The van der Waals surface area contributed by atoms with Gasteiger partial charge < -0.3 is 10.7 Å². The summed E-state index contributed by atoms with van der Waals surface area (Å²) in [5.41, 5.74) is 10.7. The van der Waals surface area contributed by atoms with Crippen LogP contribution in [0.5, 0.6) is 0 Å². The number of H-pyrrole nitrogens is 1. The second-order valence-corrected chi connectivity index (χ2v) is 4.24. The monoisotopic (exact) mass is 238 g/mol. The van der Waals surface area contributed by atoms with E-state index in [4.69, 9.17) is 5.73 Å². The Hall–Kier alpha value is -2.20. The molecule has 18 heavy (non-hydrogen) atoms. The molecule has 0 bridgehead atoms. The number of benzene rings is 1. The Balaban J connectivity index is 2.23. The minimum absolute atomic E-state index is 0.494. The summed E-state index contributed by atoms with van der Waals surface area (Å²) in [6.45, 7) is 2.47. The molecule has 0 aliphatic carbocycles. The minimum Gasteiger partial charge on any atom is -0.338 e. The van der Waals surface area contributed by atoms with Crippen molar-refractivity contribution in [2.24, 2.45) is 5.73 Å². The van der Waals surface area contributed by atoms with Crippen molar-refractivity contribution in [3.05, 3.63) is 47.8 Å². The largest absolute Gasteiger partial charge is 0.338 e. The van der Waals surface area contributed by atoms with Gasteiger partial charge in [0.25, 0.3) is 0 Å². The Morgan fingerprint density at radius 1 is 1.22 bits per heavy atom. The first-order chi connectivity index (χ1) is 8.79. The zero-order chi connectivity index (χ0) is 12.5. The Labute approximate surface area is 105 Å². The molecule has 1 aromatic carbocycles. The van der Waals surface area contributed by atoms with E-state index < -0.39 is 0 Å². The van der Waals surface area contributed by atoms with Gasteiger partial charge in [-0.3, -0.25) is 4.98 Å². The summed E-state index contributed by atoms with van der Waals surface area (Å²) in [6, 6.07) is 9.93. The van der Waals surface area contributed by atoms with Crippen molar-refractivity contribution < 1.29 is 0 Å². The third kappa shape index (κ3) is 1.67. The number of fused-ring (bicyclic) bond motifs is 1. The van der Waals surface area contributed by atoms with E-state index in [0.717, 1.165) is 33.7 Å². The average Bonchev–Trinajstić information content (AvgIpc) is 2.82. The van der Waals surface area contributed by atoms with Gasteiger partial charge in [-0.25, -0.2) is 4.98 Å². The lowest BCUT2D eigenvalue weighted by Gasteiger charge is -1.99. The highest BCUT2D eigenvalue weighted by atomic mass is 14.9. The molecule has 4 heteroatoms. The number of hydrogen-bond donors (Lipinski definition) is 2. The van der Waals surface area contributed by atoms with Gasteiger partial charge in [-0.2, -0.15) is 0 Å². The maximum Gasteiger partial charge on any atom is 0.140 e. The number of aromatic nitrogens is 3. The van der Waals surface area contributed by atoms with Crippen LogP contribution in [-0.2, 0) is 6.54 Å². The first-order valence-corrected chi connectivity index (χ1v) is 5.89. The van der Waals surface area contributed by atoms with Crippen LogP contribution in [0.15, 0.2) is 36.5 Å². The predicted octanol–water partition coefficient (Wildman–Crippen LogP) is 2.39. The Bertz CT molecular complexity index is 700. The van der Waals surface area contributed by atoms with Gasteiger partial charge >= 0.3 is 0 Å². The summed E-state index contributed by atoms with van der Waals surface area (Å²) in [7, 11) is 0. The first-order valence-electron chi connectivity index (χ1n) is 5.89. The molecule has 3 N–H and O–H groups in total. The van der Waals surface area contributed by atoms with Crippen molar-refractivity contribution in [2.75, 3.05) is 0 Å². The summed E-state index contributed by atoms with van der Waals surface area (Å²) in [5.74, 6) is 0.844. The average molecular weight is 238 g/mol. The fourth-order valence-electron chi connectivity index (χ4n) is 2.12. The molecule has 2 heterocycles. The van der Waals surface area contributed by atoms with Crippen LogP contribution in [0.25, 0.3) is 22.4 Å². The zero-order valence-corrected chi connectivity index (χ0v) is 10.1. The van der Waals surface area contributed by atoms with Gasteiger partial charge in [-0.05, 0) is 30.7 Å². The van der Waals surface area contributed by atoms with Crippen LogP contribution in [0.4, 0.5) is 0 Å². The molecule has 0 aliphatic rings. The van der Waals surface area contributed by atoms with Gasteiger partial charge in [0.1, 0.15) is 5.82 Å². The summed E-state index contributed by atoms with van der Waals surface area (Å²) in [6.07, 6.45) is 1.78. The molecule has 3 rings (SSSR count). The maximum absolute atomic E-state index is 5.73. The van der Waals surface area contributed by atoms with Crippen molar-refractivity contribution in [2.45, 2.75) is 13.5 Å². The number of aryl methyl sites for hydroxylation is 1. The van der Waals surface area contributed by atoms with Crippen LogP contribution in [-0.4, -0.2) is 15.0 Å². The molecule has 0 saturated heterocycles. The number of pyridine rings is 1. The standard InChI is InChI=1S/C14H14N4/c1-9-11(5-3-7-16-9)14-17-12-6-2-4-10(8-15)13(12)18-14/h2-7H,8,15H2,1H3,(H,17,18). The number of nitrogens with one attached hydrogen (secondary N) is 1. The van der Waals surface area contributed by atoms with E-state index in [0.29, 0.717) is 6.54 Å². The molecule has 0 fully saturated rings. The first kappa shape index (κ1) is 10.9. The van der Waals surface area contributed by atoms with Crippen LogP contribution in [0.2, 0.25) is 0 Å². The number of aromatic amines is 1. The molecule has 2 aromatic heterocycles. The second kappa shape index (κ2) is 4.23. The van der Waals surface area contributed by atoms with Gasteiger partial charge in [0.2, 0.25) is 0 Å².